The molecule has 0 aliphatic carbocycles. The molecule has 0 aromatic rings. The van der Waals surface area contributed by atoms with Crippen LogP contribution in [0.15, 0.2) is 12.7 Å². The summed E-state index contributed by atoms with van der Waals surface area (Å²) in [7, 11) is 0. The molecule has 156 valence electrons. The van der Waals surface area contributed by atoms with E-state index in [4.69, 9.17) is 4.74 Å². The van der Waals surface area contributed by atoms with Crippen LogP contribution < -0.4 is 0 Å². The molecule has 0 saturated carbocycles. The number of hydrogen-bond donors (Lipinski definition) is 3. The maximum absolute atomic E-state index is 12.8. The molecule has 10 atom stereocenters. The van der Waals surface area contributed by atoms with Gasteiger partial charge in [-0.1, -0.05) is 47.3 Å². The highest BCUT2D eigenvalue weighted by molar-refractivity contribution is 5.83. The number of rotatable bonds is 1. The lowest BCUT2D eigenvalue weighted by atomic mass is 9.77. The average Bonchev–Trinajstić information content (AvgIpc) is 2.66. The van der Waals surface area contributed by atoms with E-state index < -0.39 is 54.1 Å². The Balaban J connectivity index is 3.24. The van der Waals surface area contributed by atoms with Gasteiger partial charge in [0.1, 0.15) is 11.9 Å². The number of carbonyl (C=O) groups is 2. The van der Waals surface area contributed by atoms with Crippen LogP contribution in [0.3, 0.4) is 0 Å². The van der Waals surface area contributed by atoms with Gasteiger partial charge >= 0.3 is 5.97 Å². The van der Waals surface area contributed by atoms with Crippen LogP contribution in [0.25, 0.3) is 0 Å². The van der Waals surface area contributed by atoms with Gasteiger partial charge in [-0.05, 0) is 19.3 Å². The first-order valence-electron chi connectivity index (χ1n) is 9.84. The highest BCUT2D eigenvalue weighted by Crippen LogP contribution is 2.30. The summed E-state index contributed by atoms with van der Waals surface area (Å²) >= 11 is 0. The average molecular weight is 385 g/mol. The molecule has 0 aromatic carbocycles. The van der Waals surface area contributed by atoms with E-state index in [0.717, 1.165) is 0 Å². The summed E-state index contributed by atoms with van der Waals surface area (Å²) in [6.45, 7) is 13.9. The number of aliphatic hydroxyl groups excluding tert-OH is 3. The van der Waals surface area contributed by atoms with Gasteiger partial charge in [0.15, 0.2) is 0 Å². The Labute approximate surface area is 162 Å². The summed E-state index contributed by atoms with van der Waals surface area (Å²) in [6, 6.07) is 0. The quantitative estimate of drug-likeness (QED) is 0.472. The summed E-state index contributed by atoms with van der Waals surface area (Å²) in [5, 5.41) is 31.8. The highest BCUT2D eigenvalue weighted by atomic mass is 16.5. The van der Waals surface area contributed by atoms with Crippen LogP contribution in [0.1, 0.15) is 48.0 Å². The van der Waals surface area contributed by atoms with Gasteiger partial charge in [0.25, 0.3) is 0 Å². The summed E-state index contributed by atoms with van der Waals surface area (Å²) < 4.78 is 5.46. The summed E-state index contributed by atoms with van der Waals surface area (Å²) in [5.41, 5.74) is 0. The normalized spacial score (nSPS) is 45.7. The van der Waals surface area contributed by atoms with Gasteiger partial charge in [-0.2, -0.15) is 0 Å². The molecule has 0 radical (unpaired) electrons. The SMILES string of the molecule is C=CC1OC(=O)[C@H](C)[C@@H](O)[C@H](C)[C@@H](O)C(C)C[C@@H](C)C(=O)[C@H](C)[C@@H](O)[C@H]1C. The van der Waals surface area contributed by atoms with Gasteiger partial charge in [0.05, 0.1) is 24.2 Å². The van der Waals surface area contributed by atoms with Crippen LogP contribution in [-0.4, -0.2) is 51.5 Å². The maximum Gasteiger partial charge on any atom is 0.311 e. The molecule has 1 aliphatic heterocycles. The Bertz CT molecular complexity index is 533. The number of Topliss-reactive ketones (excluding diaryl/α,β-unsaturated/α-hetero) is 1. The van der Waals surface area contributed by atoms with Crippen molar-refractivity contribution in [2.75, 3.05) is 0 Å². The first kappa shape index (κ1) is 23.8. The molecule has 6 nitrogen and oxygen atoms in total. The first-order valence-corrected chi connectivity index (χ1v) is 9.84. The van der Waals surface area contributed by atoms with Crippen molar-refractivity contribution in [2.45, 2.75) is 72.4 Å². The van der Waals surface area contributed by atoms with Gasteiger partial charge in [0, 0.05) is 23.7 Å². The Hall–Kier alpha value is -1.24. The maximum atomic E-state index is 12.8. The first-order chi connectivity index (χ1) is 12.4. The Kier molecular flexibility index (Phi) is 8.64. The number of carbonyl (C=O) groups excluding carboxylic acids is 2. The molecule has 1 rings (SSSR count). The van der Waals surface area contributed by atoms with Crippen LogP contribution in [0.5, 0.6) is 0 Å². The molecule has 27 heavy (non-hydrogen) atoms. The molecule has 1 aliphatic rings. The number of esters is 1. The third-order valence-electron chi connectivity index (χ3n) is 6.26. The molecule has 3 N–H and O–H groups in total. The van der Waals surface area contributed by atoms with Crippen molar-refractivity contribution in [1.29, 1.82) is 0 Å². The molecule has 1 heterocycles. The lowest BCUT2D eigenvalue weighted by molar-refractivity contribution is -0.162. The number of hydrogen-bond acceptors (Lipinski definition) is 6. The van der Waals surface area contributed by atoms with Gasteiger partial charge in [-0.25, -0.2) is 0 Å². The molecular formula is C21H36O6. The zero-order valence-corrected chi connectivity index (χ0v) is 17.3. The van der Waals surface area contributed by atoms with Crippen molar-refractivity contribution in [1.82, 2.24) is 0 Å². The van der Waals surface area contributed by atoms with Crippen LogP contribution in [0, 0.1) is 35.5 Å². The standard InChI is InChI=1S/C21H36O6/c1-8-16-12(4)19(24)13(5)17(22)10(2)9-11(3)18(23)14(6)20(25)15(7)21(26)27-16/h8,10-16,18-20,23-25H,1,9H2,2-7H3/t10-,11?,12+,13+,14-,15-,16?,18+,19+,20+/m1/s1. The summed E-state index contributed by atoms with van der Waals surface area (Å²) in [5.74, 6) is -3.87. The van der Waals surface area contributed by atoms with Gasteiger partial charge in [-0.15, -0.1) is 0 Å². The summed E-state index contributed by atoms with van der Waals surface area (Å²) in [6.07, 6.45) is -1.88. The van der Waals surface area contributed by atoms with E-state index in [-0.39, 0.29) is 17.6 Å². The predicted octanol–water partition coefficient (Wildman–Crippen LogP) is 1.96. The lowest BCUT2D eigenvalue weighted by Gasteiger charge is -2.35. The van der Waals surface area contributed by atoms with E-state index >= 15 is 0 Å². The molecule has 0 aromatic heterocycles. The molecular weight excluding hydrogens is 348 g/mol. The fraction of sp³-hybridized carbons (Fsp3) is 0.810. The molecule has 0 bridgehead atoms. The third kappa shape index (κ3) is 5.39. The molecule has 6 heteroatoms. The molecule has 0 amide bonds. The molecule has 1 fully saturated rings. The van der Waals surface area contributed by atoms with Gasteiger partial charge in [0.2, 0.25) is 0 Å². The van der Waals surface area contributed by atoms with Crippen molar-refractivity contribution in [3.8, 4) is 0 Å². The van der Waals surface area contributed by atoms with Crippen molar-refractivity contribution in [2.24, 2.45) is 35.5 Å². The zero-order valence-electron chi connectivity index (χ0n) is 17.3. The van der Waals surface area contributed by atoms with E-state index in [2.05, 4.69) is 6.58 Å². The van der Waals surface area contributed by atoms with Gasteiger partial charge < -0.3 is 20.1 Å². The summed E-state index contributed by atoms with van der Waals surface area (Å²) in [4.78, 5) is 25.2. The minimum absolute atomic E-state index is 0.0961. The van der Waals surface area contributed by atoms with Crippen LogP contribution >= 0.6 is 0 Å². The fourth-order valence-corrected chi connectivity index (χ4v) is 4.01. The Morgan fingerprint density at radius 1 is 0.889 bits per heavy atom. The van der Waals surface area contributed by atoms with Gasteiger partial charge in [-0.3, -0.25) is 9.59 Å². The second-order valence-corrected chi connectivity index (χ2v) is 8.42. The van der Waals surface area contributed by atoms with Crippen molar-refractivity contribution in [3.05, 3.63) is 12.7 Å². The minimum Gasteiger partial charge on any atom is -0.457 e. The van der Waals surface area contributed by atoms with E-state index in [1.807, 2.05) is 6.92 Å². The van der Waals surface area contributed by atoms with Crippen LogP contribution in [0.2, 0.25) is 0 Å². The monoisotopic (exact) mass is 384 g/mol. The largest absolute Gasteiger partial charge is 0.457 e. The number of ether oxygens (including phenoxy) is 1. The number of cyclic esters (lactones) is 1. The van der Waals surface area contributed by atoms with Crippen LogP contribution in [0.4, 0.5) is 0 Å². The minimum atomic E-state index is -1.09. The number of ketones is 1. The molecule has 0 spiro atoms. The third-order valence-corrected chi connectivity index (χ3v) is 6.26. The van der Waals surface area contributed by atoms with Crippen molar-refractivity contribution < 1.29 is 29.6 Å². The van der Waals surface area contributed by atoms with E-state index in [1.165, 1.54) is 6.08 Å². The van der Waals surface area contributed by atoms with E-state index in [1.54, 1.807) is 34.6 Å². The van der Waals surface area contributed by atoms with Crippen LogP contribution in [-0.2, 0) is 14.3 Å². The van der Waals surface area contributed by atoms with E-state index in [0.29, 0.717) is 6.42 Å². The zero-order chi connectivity index (χ0) is 21.0. The lowest BCUT2D eigenvalue weighted by Crippen LogP contribution is -2.45. The topological polar surface area (TPSA) is 104 Å². The molecule has 1 saturated heterocycles. The second kappa shape index (κ2) is 9.80. The van der Waals surface area contributed by atoms with Crippen molar-refractivity contribution >= 4 is 11.8 Å². The Morgan fingerprint density at radius 3 is 1.93 bits per heavy atom. The van der Waals surface area contributed by atoms with E-state index in [9.17, 15) is 24.9 Å². The van der Waals surface area contributed by atoms with Crippen molar-refractivity contribution in [3.63, 3.8) is 0 Å². The highest BCUT2D eigenvalue weighted by Gasteiger charge is 2.39. The fourth-order valence-electron chi connectivity index (χ4n) is 4.01. The number of aliphatic hydroxyl groups is 3. The second-order valence-electron chi connectivity index (χ2n) is 8.42. The Morgan fingerprint density at radius 2 is 1.41 bits per heavy atom. The molecule has 2 unspecified atom stereocenters. The predicted molar refractivity (Wildman–Crippen MR) is 103 cm³/mol. The smallest absolute Gasteiger partial charge is 0.311 e.